The summed E-state index contributed by atoms with van der Waals surface area (Å²) in [5.74, 6) is 0.812. The van der Waals surface area contributed by atoms with Crippen LogP contribution in [0.15, 0.2) is 17.0 Å². The zero-order valence-electron chi connectivity index (χ0n) is 11.8. The van der Waals surface area contributed by atoms with Gasteiger partial charge in [0.05, 0.1) is 15.6 Å². The number of nitrogen functional groups attached to an aromatic ring is 1. The molecule has 0 bridgehead atoms. The molecule has 20 heavy (non-hydrogen) atoms. The molecule has 2 rings (SSSR count). The summed E-state index contributed by atoms with van der Waals surface area (Å²) >= 11 is 7.80. The molecule has 2 atom stereocenters. The second kappa shape index (κ2) is 5.75. The van der Waals surface area contributed by atoms with E-state index < -0.39 is 10.0 Å². The van der Waals surface area contributed by atoms with E-state index in [9.17, 15) is 8.42 Å². The van der Waals surface area contributed by atoms with Crippen LogP contribution in [0.1, 0.15) is 19.4 Å². The van der Waals surface area contributed by atoms with Crippen molar-refractivity contribution in [1.82, 2.24) is 4.31 Å². The molecule has 1 aromatic rings. The lowest BCUT2D eigenvalue weighted by Gasteiger charge is -2.36. The molecule has 0 aromatic heterocycles. The number of halogens is 1. The summed E-state index contributed by atoms with van der Waals surface area (Å²) in [5, 5.41) is 0.698. The van der Waals surface area contributed by atoms with Crippen LogP contribution < -0.4 is 5.73 Å². The first kappa shape index (κ1) is 15.9. The number of hydrogen-bond donors (Lipinski definition) is 1. The summed E-state index contributed by atoms with van der Waals surface area (Å²) in [7, 11) is -3.52. The minimum absolute atomic E-state index is 0.0315. The number of nitrogens with two attached hydrogens (primary N) is 1. The van der Waals surface area contributed by atoms with Gasteiger partial charge in [-0.3, -0.25) is 0 Å². The predicted octanol–water partition coefficient (Wildman–Crippen LogP) is 2.75. The molecule has 0 aliphatic carbocycles. The van der Waals surface area contributed by atoms with Gasteiger partial charge in [0.1, 0.15) is 0 Å². The molecule has 1 aromatic carbocycles. The van der Waals surface area contributed by atoms with E-state index >= 15 is 0 Å². The lowest BCUT2D eigenvalue weighted by atomic mass is 10.2. The molecule has 0 amide bonds. The van der Waals surface area contributed by atoms with Crippen molar-refractivity contribution >= 4 is 39.1 Å². The Bertz CT molecular complexity index is 596. The van der Waals surface area contributed by atoms with Crippen LogP contribution >= 0.6 is 23.4 Å². The van der Waals surface area contributed by atoms with Crippen LogP contribution in [0.4, 0.5) is 5.69 Å². The highest BCUT2D eigenvalue weighted by Gasteiger charge is 2.35. The summed E-state index contributed by atoms with van der Waals surface area (Å²) < 4.78 is 27.1. The van der Waals surface area contributed by atoms with Crippen molar-refractivity contribution in [2.75, 3.05) is 18.0 Å². The normalized spacial score (nSPS) is 24.8. The quantitative estimate of drug-likeness (QED) is 0.845. The van der Waals surface area contributed by atoms with E-state index in [1.54, 1.807) is 29.1 Å². The number of anilines is 1. The van der Waals surface area contributed by atoms with E-state index in [-0.39, 0.29) is 16.2 Å². The third-order valence-electron chi connectivity index (χ3n) is 3.69. The monoisotopic (exact) mass is 334 g/mol. The fourth-order valence-electron chi connectivity index (χ4n) is 2.29. The predicted molar refractivity (Wildman–Crippen MR) is 85.9 cm³/mol. The molecule has 0 spiro atoms. The Morgan fingerprint density at radius 2 is 2.05 bits per heavy atom. The number of thioether (sulfide) groups is 1. The summed E-state index contributed by atoms with van der Waals surface area (Å²) in [6.07, 6.45) is 0. The summed E-state index contributed by atoms with van der Waals surface area (Å²) in [5.41, 5.74) is 6.77. The summed E-state index contributed by atoms with van der Waals surface area (Å²) in [4.78, 5) is 0.225. The van der Waals surface area contributed by atoms with Gasteiger partial charge in [-0.25, -0.2) is 8.42 Å². The van der Waals surface area contributed by atoms with Crippen LogP contribution in [0, 0.1) is 6.92 Å². The summed E-state index contributed by atoms with van der Waals surface area (Å²) in [6, 6.07) is 3.01. The van der Waals surface area contributed by atoms with Crippen molar-refractivity contribution in [3.8, 4) is 0 Å². The van der Waals surface area contributed by atoms with E-state index in [4.69, 9.17) is 17.3 Å². The Kier molecular flexibility index (Phi) is 4.59. The molecule has 0 radical (unpaired) electrons. The van der Waals surface area contributed by atoms with Gasteiger partial charge < -0.3 is 5.73 Å². The molecule has 112 valence electrons. The van der Waals surface area contributed by atoms with Gasteiger partial charge in [0.15, 0.2) is 0 Å². The molecule has 2 N–H and O–H groups in total. The maximum atomic E-state index is 12.8. The highest BCUT2D eigenvalue weighted by atomic mass is 35.5. The Hall–Kier alpha value is -0.430. The number of sulfonamides is 1. The molecule has 1 heterocycles. The van der Waals surface area contributed by atoms with Crippen molar-refractivity contribution in [2.45, 2.75) is 37.0 Å². The van der Waals surface area contributed by atoms with Crippen LogP contribution in [-0.2, 0) is 10.0 Å². The zero-order chi connectivity index (χ0) is 15.1. The van der Waals surface area contributed by atoms with Gasteiger partial charge in [-0.05, 0) is 31.5 Å². The van der Waals surface area contributed by atoms with Gasteiger partial charge in [-0.1, -0.05) is 18.5 Å². The van der Waals surface area contributed by atoms with Gasteiger partial charge in [-0.15, -0.1) is 0 Å². The van der Waals surface area contributed by atoms with E-state index in [2.05, 4.69) is 6.92 Å². The average molecular weight is 335 g/mol. The smallest absolute Gasteiger partial charge is 0.243 e. The van der Waals surface area contributed by atoms with Crippen molar-refractivity contribution in [1.29, 1.82) is 0 Å². The first-order chi connectivity index (χ1) is 9.25. The lowest BCUT2D eigenvalue weighted by Crippen LogP contribution is -2.47. The maximum Gasteiger partial charge on any atom is 0.243 e. The Labute approximate surface area is 129 Å². The van der Waals surface area contributed by atoms with Gasteiger partial charge in [-0.2, -0.15) is 16.1 Å². The molecule has 2 unspecified atom stereocenters. The number of aryl methyl sites for hydroxylation is 1. The average Bonchev–Trinajstić information content (AvgIpc) is 2.38. The fourth-order valence-corrected chi connectivity index (χ4v) is 5.52. The molecule has 4 nitrogen and oxygen atoms in total. The number of rotatable bonds is 2. The van der Waals surface area contributed by atoms with Crippen LogP contribution in [0.3, 0.4) is 0 Å². The largest absolute Gasteiger partial charge is 0.397 e. The number of benzene rings is 1. The van der Waals surface area contributed by atoms with Gasteiger partial charge in [0, 0.05) is 23.6 Å². The topological polar surface area (TPSA) is 63.4 Å². The second-order valence-electron chi connectivity index (χ2n) is 5.08. The molecular formula is C13H19ClN2O2S2. The molecule has 1 fully saturated rings. The minimum atomic E-state index is -3.52. The minimum Gasteiger partial charge on any atom is -0.397 e. The van der Waals surface area contributed by atoms with Gasteiger partial charge in [0.2, 0.25) is 10.0 Å². The van der Waals surface area contributed by atoms with Crippen LogP contribution in [0.25, 0.3) is 0 Å². The third kappa shape index (κ3) is 2.79. The fraction of sp³-hybridized carbons (Fsp3) is 0.538. The third-order valence-corrected chi connectivity index (χ3v) is 7.51. The molecule has 1 aliphatic rings. The first-order valence-corrected chi connectivity index (χ1v) is 9.31. The Morgan fingerprint density at radius 1 is 1.40 bits per heavy atom. The molecule has 0 saturated carbocycles. The highest BCUT2D eigenvalue weighted by molar-refractivity contribution is 8.00. The first-order valence-electron chi connectivity index (χ1n) is 6.44. The molecule has 1 saturated heterocycles. The van der Waals surface area contributed by atoms with E-state index in [1.807, 2.05) is 6.92 Å². The Balaban J connectivity index is 2.45. The number of hydrogen-bond acceptors (Lipinski definition) is 4. The zero-order valence-corrected chi connectivity index (χ0v) is 14.1. The standard InChI is InChI=1S/C13H19ClN2O2S2/c1-8-6-11(7-12(15)13(8)14)20(17,18)16-4-5-19-10(3)9(16)2/h6-7,9-10H,4-5,15H2,1-3H3. The van der Waals surface area contributed by atoms with Gasteiger partial charge >= 0.3 is 0 Å². The van der Waals surface area contributed by atoms with Crippen molar-refractivity contribution < 1.29 is 8.42 Å². The lowest BCUT2D eigenvalue weighted by molar-refractivity contribution is 0.340. The van der Waals surface area contributed by atoms with Crippen molar-refractivity contribution in [2.24, 2.45) is 0 Å². The molecule has 7 heteroatoms. The van der Waals surface area contributed by atoms with Crippen molar-refractivity contribution in [3.63, 3.8) is 0 Å². The van der Waals surface area contributed by atoms with Gasteiger partial charge in [0.25, 0.3) is 0 Å². The summed E-state index contributed by atoms with van der Waals surface area (Å²) in [6.45, 7) is 6.29. The van der Waals surface area contributed by atoms with Crippen LogP contribution in [0.5, 0.6) is 0 Å². The van der Waals surface area contributed by atoms with E-state index in [0.29, 0.717) is 22.8 Å². The number of nitrogens with zero attached hydrogens (tertiary/aromatic N) is 1. The van der Waals surface area contributed by atoms with Crippen LogP contribution in [-0.4, -0.2) is 36.3 Å². The molecular weight excluding hydrogens is 316 g/mol. The van der Waals surface area contributed by atoms with E-state index in [0.717, 1.165) is 5.75 Å². The maximum absolute atomic E-state index is 12.8. The van der Waals surface area contributed by atoms with Crippen LogP contribution in [0.2, 0.25) is 5.02 Å². The molecule has 1 aliphatic heterocycles. The SMILES string of the molecule is Cc1cc(S(=O)(=O)N2CCSC(C)C2C)cc(N)c1Cl. The Morgan fingerprint density at radius 3 is 2.65 bits per heavy atom. The second-order valence-corrected chi connectivity index (χ2v) is 8.83. The van der Waals surface area contributed by atoms with Crippen molar-refractivity contribution in [3.05, 3.63) is 22.7 Å². The highest BCUT2D eigenvalue weighted by Crippen LogP contribution is 2.32. The van der Waals surface area contributed by atoms with E-state index in [1.165, 1.54) is 6.07 Å².